The van der Waals surface area contributed by atoms with E-state index in [1.165, 1.54) is 48.7 Å². The summed E-state index contributed by atoms with van der Waals surface area (Å²) in [7, 11) is 0. The number of anilines is 1. The van der Waals surface area contributed by atoms with Gasteiger partial charge in [-0.15, -0.1) is 11.8 Å². The maximum atomic E-state index is 13.6. The molecule has 0 unspecified atom stereocenters. The molecule has 20 heteroatoms. The van der Waals surface area contributed by atoms with Gasteiger partial charge >= 0.3 is 29.6 Å². The summed E-state index contributed by atoms with van der Waals surface area (Å²) >= 11 is 2.14. The Morgan fingerprint density at radius 1 is 1.11 bits per heavy atom. The Balaban J connectivity index is 0.00000541. The molecule has 1 aromatic carbocycles. The number of quaternary nitrogens is 1. The van der Waals surface area contributed by atoms with Crippen LogP contribution in [0, 0.1) is 5.92 Å². The van der Waals surface area contributed by atoms with Crippen LogP contribution in [0.1, 0.15) is 62.1 Å². The first-order valence-electron chi connectivity index (χ1n) is 16.8. The first-order valence-corrected chi connectivity index (χ1v) is 18.6. The average Bonchev–Trinajstić information content (AvgIpc) is 3.77. The quantitative estimate of drug-likeness (QED) is 0.0467. The summed E-state index contributed by atoms with van der Waals surface area (Å²) in [4.78, 5) is 76.3. The zero-order valence-corrected chi connectivity index (χ0v) is 33.1. The number of fused-ring (bicyclic) bond motifs is 1. The number of nitrogens with zero attached hydrogens (tertiary/aromatic N) is 6. The van der Waals surface area contributed by atoms with Crippen molar-refractivity contribution >= 4 is 63.7 Å². The van der Waals surface area contributed by atoms with Crippen LogP contribution in [-0.2, 0) is 24.0 Å². The number of thioether (sulfide) groups is 1. The van der Waals surface area contributed by atoms with Crippen LogP contribution >= 0.6 is 23.3 Å². The number of benzene rings is 1. The van der Waals surface area contributed by atoms with Gasteiger partial charge in [-0.2, -0.15) is 9.36 Å². The molecule has 0 spiro atoms. The molecule has 2 atom stereocenters. The fourth-order valence-electron chi connectivity index (χ4n) is 7.42. The number of nitrogens with two attached hydrogens (primary N) is 1. The molecular formula is C33H38N7NaO10S2. The number of rotatable bonds is 12. The molecule has 4 aliphatic heterocycles. The minimum absolute atomic E-state index is 0. The number of phenols is 2. The largest absolute Gasteiger partial charge is 1.00 e. The molecule has 278 valence electrons. The number of carbonyl (C=O) groups excluding carboxylic acids is 5. The number of hydrogen-bond donors (Lipinski definition) is 3. The van der Waals surface area contributed by atoms with E-state index in [-0.39, 0.29) is 75.2 Å². The molecule has 6 rings (SSSR count). The summed E-state index contributed by atoms with van der Waals surface area (Å²) in [6.45, 7) is 5.35. The van der Waals surface area contributed by atoms with Crippen LogP contribution in [0.15, 0.2) is 34.6 Å². The summed E-state index contributed by atoms with van der Waals surface area (Å²) in [6, 6.07) is 4.13. The van der Waals surface area contributed by atoms with Crippen LogP contribution in [0.3, 0.4) is 0 Å². The predicted molar refractivity (Wildman–Crippen MR) is 182 cm³/mol. The SMILES string of the molecule is CC(C)(O/N=C(\C(=O)C[C@@H]1C(=O)N2C(C(=O)[O-])=C(C[N+]3(C4CCN(C(=O)c5ccc(O)c(O)c5)CC4)CCCC3)CS[C@H]12)c1nsc(N)n1)C(=O)[O-].[Na+]. The number of oxime groups is 1. The number of aromatic nitrogens is 2. The van der Waals surface area contributed by atoms with E-state index in [1.807, 2.05) is 0 Å². The third-order valence-electron chi connectivity index (χ3n) is 10.2. The fraction of sp³-hybridized carbons (Fsp3) is 0.515. The summed E-state index contributed by atoms with van der Waals surface area (Å²) in [5, 5.41) is 46.7. The number of aliphatic carboxylic acids is 2. The molecule has 2 amide bonds. The number of β-lactam (4-membered cyclic amide) rings is 1. The van der Waals surface area contributed by atoms with Crippen molar-refractivity contribution in [2.24, 2.45) is 11.1 Å². The van der Waals surface area contributed by atoms with Crippen molar-refractivity contribution in [3.63, 3.8) is 0 Å². The fourth-order valence-corrected chi connectivity index (χ4v) is 9.26. The predicted octanol–water partition coefficient (Wildman–Crippen LogP) is -3.81. The van der Waals surface area contributed by atoms with E-state index < -0.39 is 52.7 Å². The molecule has 2 aromatic rings. The summed E-state index contributed by atoms with van der Waals surface area (Å²) in [5.41, 5.74) is 4.04. The molecule has 53 heavy (non-hydrogen) atoms. The molecular weight excluding hydrogens is 742 g/mol. The van der Waals surface area contributed by atoms with Crippen molar-refractivity contribution in [1.29, 1.82) is 0 Å². The van der Waals surface area contributed by atoms with Gasteiger partial charge < -0.3 is 50.0 Å². The monoisotopic (exact) mass is 779 g/mol. The maximum Gasteiger partial charge on any atom is 1.00 e. The van der Waals surface area contributed by atoms with Crippen molar-refractivity contribution in [2.75, 3.05) is 44.2 Å². The van der Waals surface area contributed by atoms with Crippen molar-refractivity contribution in [2.45, 2.75) is 63.0 Å². The third-order valence-corrected chi connectivity index (χ3v) is 12.2. The summed E-state index contributed by atoms with van der Waals surface area (Å²) < 4.78 is 4.62. The molecule has 3 saturated heterocycles. The molecule has 0 aliphatic carbocycles. The van der Waals surface area contributed by atoms with Crippen LogP contribution < -0.4 is 45.5 Å². The van der Waals surface area contributed by atoms with Crippen molar-refractivity contribution in [1.82, 2.24) is 19.2 Å². The van der Waals surface area contributed by atoms with E-state index in [0.717, 1.165) is 37.5 Å². The second-order valence-corrected chi connectivity index (χ2v) is 15.8. The number of Topliss-reactive ketones (excluding diaryl/α,β-unsaturated/α-hetero) is 1. The first kappa shape index (κ1) is 40.4. The van der Waals surface area contributed by atoms with Crippen molar-refractivity contribution in [3.05, 3.63) is 40.9 Å². The molecule has 4 aliphatic rings. The molecule has 0 bridgehead atoms. The molecule has 0 saturated carbocycles. The van der Waals surface area contributed by atoms with E-state index in [2.05, 4.69) is 14.5 Å². The number of carbonyl (C=O) groups is 5. The number of piperidine rings is 1. The molecule has 5 heterocycles. The van der Waals surface area contributed by atoms with E-state index in [0.29, 0.717) is 48.3 Å². The molecule has 4 N–H and O–H groups in total. The van der Waals surface area contributed by atoms with Crippen LogP contribution in [0.5, 0.6) is 11.5 Å². The Labute approximate surface area is 334 Å². The van der Waals surface area contributed by atoms with Gasteiger partial charge in [-0.1, -0.05) is 5.16 Å². The minimum Gasteiger partial charge on any atom is -0.546 e. The zero-order valence-electron chi connectivity index (χ0n) is 29.5. The molecule has 0 radical (unpaired) electrons. The topological polar surface area (TPSA) is 252 Å². The van der Waals surface area contributed by atoms with Crippen LogP contribution in [0.4, 0.5) is 5.13 Å². The van der Waals surface area contributed by atoms with E-state index >= 15 is 0 Å². The van der Waals surface area contributed by atoms with E-state index in [9.17, 15) is 44.4 Å². The van der Waals surface area contributed by atoms with Crippen molar-refractivity contribution in [3.8, 4) is 11.5 Å². The second-order valence-electron chi connectivity index (χ2n) is 13.9. The third kappa shape index (κ3) is 8.05. The number of likely N-dealkylation sites (tertiary alicyclic amines) is 2. The van der Waals surface area contributed by atoms with Gasteiger partial charge in [0.2, 0.25) is 11.7 Å². The number of carboxylic acid groups (broad SMARTS) is 2. The molecule has 3 fully saturated rings. The minimum atomic E-state index is -1.90. The van der Waals surface area contributed by atoms with Crippen LogP contribution in [-0.4, -0.2) is 125 Å². The van der Waals surface area contributed by atoms with Gasteiger partial charge in [0.1, 0.15) is 6.54 Å². The van der Waals surface area contributed by atoms with Gasteiger partial charge in [-0.3, -0.25) is 19.3 Å². The van der Waals surface area contributed by atoms with E-state index in [4.69, 9.17) is 10.6 Å². The van der Waals surface area contributed by atoms with Gasteiger partial charge in [0.15, 0.2) is 33.7 Å². The maximum absolute atomic E-state index is 13.6. The number of amides is 2. The Morgan fingerprint density at radius 3 is 2.38 bits per heavy atom. The van der Waals surface area contributed by atoms with E-state index in [1.54, 1.807) is 4.90 Å². The van der Waals surface area contributed by atoms with Crippen LogP contribution in [0.25, 0.3) is 0 Å². The van der Waals surface area contributed by atoms with Crippen LogP contribution in [0.2, 0.25) is 0 Å². The van der Waals surface area contributed by atoms with Gasteiger partial charge in [-0.25, -0.2) is 0 Å². The Hall–Kier alpha value is -3.75. The molecule has 1 aromatic heterocycles. The summed E-state index contributed by atoms with van der Waals surface area (Å²) in [6.07, 6.45) is 2.88. The van der Waals surface area contributed by atoms with Gasteiger partial charge in [0.25, 0.3) is 5.91 Å². The Bertz CT molecular complexity index is 1870. The standard InChI is InChI=1S/C33H39N7O10S2.Na/c1-33(2,31(48)49)50-36-24(26-35-32(34)52-37-26)23(43)14-20-28(45)39-25(30(46)47)18(16-51-29(20)39)15-40(11-3-4-12-40)19-7-9-38(10-8-19)27(44)17-5-6-21(41)22(42)13-17;/h5-6,13,19-20,29H,3-4,7-12,14-16H2,1-2H3,(H5-,34,35,36,37,41,42,43,44,46,47,48,49);/q;+1/p-1/t20-,29-;/m1./s1. The second kappa shape index (κ2) is 15.9. The number of carboxylic acids is 2. The number of ketones is 1. The van der Waals surface area contributed by atoms with Gasteiger partial charge in [0.05, 0.1) is 48.1 Å². The zero-order chi connectivity index (χ0) is 37.5. The number of aromatic hydroxyl groups is 2. The first-order chi connectivity index (χ1) is 24.6. The number of phenolic OH excluding ortho intramolecular Hbond substituents is 2. The van der Waals surface area contributed by atoms with Crippen molar-refractivity contribution < 1.29 is 83.3 Å². The Kier molecular flexibility index (Phi) is 12.1. The van der Waals surface area contributed by atoms with Gasteiger partial charge in [-0.05, 0) is 32.0 Å². The normalized spacial score (nSPS) is 21.8. The Morgan fingerprint density at radius 2 is 1.79 bits per heavy atom. The summed E-state index contributed by atoms with van der Waals surface area (Å²) in [5.74, 6) is -6.07. The smallest absolute Gasteiger partial charge is 0.546 e. The molecule has 17 nitrogen and oxygen atoms in total. The number of nitrogen functional groups attached to an aromatic ring is 1. The average molecular weight is 780 g/mol. The van der Waals surface area contributed by atoms with Gasteiger partial charge in [0, 0.05) is 73.6 Å². The number of hydrogen-bond acceptors (Lipinski definition) is 16.